The SMILES string of the molecule is COc1cc(/C=C2\C(=O)N(c3ccc(F)cc3)N=C2C)ccc1OCc1ccc(F)cc1. The summed E-state index contributed by atoms with van der Waals surface area (Å²) in [5, 5.41) is 5.55. The Morgan fingerprint density at radius 1 is 0.938 bits per heavy atom. The average Bonchev–Trinajstić information content (AvgIpc) is 3.08. The zero-order valence-corrected chi connectivity index (χ0v) is 17.5. The predicted molar refractivity (Wildman–Crippen MR) is 119 cm³/mol. The highest BCUT2D eigenvalue weighted by molar-refractivity contribution is 6.32. The van der Waals surface area contributed by atoms with Crippen LogP contribution in [-0.4, -0.2) is 18.7 Å². The van der Waals surface area contributed by atoms with Gasteiger partial charge in [-0.25, -0.2) is 8.78 Å². The van der Waals surface area contributed by atoms with Gasteiger partial charge in [-0.05, 0) is 72.7 Å². The number of carbonyl (C=O) groups is 1. The van der Waals surface area contributed by atoms with Crippen LogP contribution in [0.4, 0.5) is 14.5 Å². The molecule has 0 spiro atoms. The van der Waals surface area contributed by atoms with E-state index in [4.69, 9.17) is 9.47 Å². The quantitative estimate of drug-likeness (QED) is 0.491. The molecule has 1 aliphatic heterocycles. The molecule has 0 fully saturated rings. The Balaban J connectivity index is 1.53. The maximum atomic E-state index is 13.2. The molecule has 0 unspecified atom stereocenters. The molecule has 3 aromatic carbocycles. The largest absolute Gasteiger partial charge is 0.493 e. The summed E-state index contributed by atoms with van der Waals surface area (Å²) in [6.07, 6.45) is 1.72. The van der Waals surface area contributed by atoms with Crippen molar-refractivity contribution >= 4 is 23.4 Å². The molecule has 0 saturated heterocycles. The maximum absolute atomic E-state index is 13.2. The highest BCUT2D eigenvalue weighted by Crippen LogP contribution is 2.31. The Kier molecular flexibility index (Phi) is 5.98. The fourth-order valence-corrected chi connectivity index (χ4v) is 3.24. The van der Waals surface area contributed by atoms with Gasteiger partial charge in [0, 0.05) is 0 Å². The molecule has 1 aliphatic rings. The first-order valence-electron chi connectivity index (χ1n) is 9.87. The monoisotopic (exact) mass is 434 g/mol. The first-order valence-corrected chi connectivity index (χ1v) is 9.87. The lowest BCUT2D eigenvalue weighted by molar-refractivity contribution is -0.114. The van der Waals surface area contributed by atoms with Crippen LogP contribution in [0.15, 0.2) is 77.4 Å². The van der Waals surface area contributed by atoms with Gasteiger partial charge in [-0.2, -0.15) is 10.1 Å². The van der Waals surface area contributed by atoms with Gasteiger partial charge in [-0.3, -0.25) is 4.79 Å². The topological polar surface area (TPSA) is 51.1 Å². The van der Waals surface area contributed by atoms with Crippen LogP contribution < -0.4 is 14.5 Å². The minimum Gasteiger partial charge on any atom is -0.493 e. The molecule has 0 bridgehead atoms. The zero-order chi connectivity index (χ0) is 22.7. The molecule has 0 atom stereocenters. The fourth-order valence-electron chi connectivity index (χ4n) is 3.24. The van der Waals surface area contributed by atoms with Crippen molar-refractivity contribution in [2.45, 2.75) is 13.5 Å². The second-order valence-corrected chi connectivity index (χ2v) is 7.16. The third-order valence-electron chi connectivity index (χ3n) is 4.94. The van der Waals surface area contributed by atoms with Crippen LogP contribution in [0, 0.1) is 11.6 Å². The lowest BCUT2D eigenvalue weighted by atomic mass is 10.1. The van der Waals surface area contributed by atoms with Gasteiger partial charge in [0.05, 0.1) is 24.1 Å². The van der Waals surface area contributed by atoms with Crippen molar-refractivity contribution in [1.29, 1.82) is 0 Å². The number of anilines is 1. The van der Waals surface area contributed by atoms with Gasteiger partial charge in [0.15, 0.2) is 11.5 Å². The fraction of sp³-hybridized carbons (Fsp3) is 0.120. The molecule has 7 heteroatoms. The molecular formula is C25H20F2N2O3. The van der Waals surface area contributed by atoms with Crippen LogP contribution in [0.25, 0.3) is 6.08 Å². The molecular weight excluding hydrogens is 414 g/mol. The second kappa shape index (κ2) is 9.01. The van der Waals surface area contributed by atoms with Crippen molar-refractivity contribution in [1.82, 2.24) is 0 Å². The van der Waals surface area contributed by atoms with Gasteiger partial charge >= 0.3 is 0 Å². The standard InChI is InChI=1S/C25H20F2N2O3/c1-16-22(25(30)29(28-16)21-10-8-20(27)9-11-21)13-18-5-12-23(24(14-18)31-2)32-15-17-3-6-19(26)7-4-17/h3-14H,15H2,1-2H3/b22-13-. The van der Waals surface area contributed by atoms with Crippen molar-refractivity contribution in [3.8, 4) is 11.5 Å². The van der Waals surface area contributed by atoms with Gasteiger partial charge in [-0.15, -0.1) is 0 Å². The van der Waals surface area contributed by atoms with E-state index in [1.807, 2.05) is 0 Å². The third-order valence-corrected chi connectivity index (χ3v) is 4.94. The number of carbonyl (C=O) groups excluding carboxylic acids is 1. The second-order valence-electron chi connectivity index (χ2n) is 7.16. The Morgan fingerprint density at radius 2 is 1.59 bits per heavy atom. The number of hydrazone groups is 1. The van der Waals surface area contributed by atoms with E-state index < -0.39 is 0 Å². The highest BCUT2D eigenvalue weighted by Gasteiger charge is 2.28. The highest BCUT2D eigenvalue weighted by atomic mass is 19.1. The first kappa shape index (κ1) is 21.2. The normalized spacial score (nSPS) is 14.6. The Bertz CT molecular complexity index is 1200. The summed E-state index contributed by atoms with van der Waals surface area (Å²) in [5.41, 5.74) is 3.02. The lowest BCUT2D eigenvalue weighted by Gasteiger charge is -2.12. The van der Waals surface area contributed by atoms with Crippen LogP contribution in [0.5, 0.6) is 11.5 Å². The summed E-state index contributed by atoms with van der Waals surface area (Å²) in [6, 6.07) is 16.9. The summed E-state index contributed by atoms with van der Waals surface area (Å²) >= 11 is 0. The van der Waals surface area contributed by atoms with E-state index in [1.165, 1.54) is 48.5 Å². The van der Waals surface area contributed by atoms with E-state index in [2.05, 4.69) is 5.10 Å². The molecule has 0 N–H and O–H groups in total. The van der Waals surface area contributed by atoms with Crippen LogP contribution in [0.3, 0.4) is 0 Å². The number of halogens is 2. The van der Waals surface area contributed by atoms with Crippen molar-refractivity contribution in [2.24, 2.45) is 5.10 Å². The minimum absolute atomic E-state index is 0.258. The molecule has 32 heavy (non-hydrogen) atoms. The van der Waals surface area contributed by atoms with Crippen molar-refractivity contribution in [3.63, 3.8) is 0 Å². The Morgan fingerprint density at radius 3 is 2.25 bits per heavy atom. The molecule has 1 amide bonds. The summed E-state index contributed by atoms with van der Waals surface area (Å²) < 4.78 is 37.5. The average molecular weight is 434 g/mol. The van der Waals surface area contributed by atoms with Gasteiger partial charge in [0.25, 0.3) is 5.91 Å². The molecule has 4 rings (SSSR count). The summed E-state index contributed by atoms with van der Waals surface area (Å²) in [6.45, 7) is 2.00. The van der Waals surface area contributed by atoms with Crippen molar-refractivity contribution in [3.05, 3.63) is 95.1 Å². The van der Waals surface area contributed by atoms with Crippen molar-refractivity contribution < 1.29 is 23.0 Å². The molecule has 0 aliphatic carbocycles. The number of rotatable bonds is 6. The molecule has 5 nitrogen and oxygen atoms in total. The van der Waals surface area contributed by atoms with Crippen molar-refractivity contribution in [2.75, 3.05) is 12.1 Å². The van der Waals surface area contributed by atoms with Gasteiger partial charge in [0.2, 0.25) is 0 Å². The van der Waals surface area contributed by atoms with E-state index in [-0.39, 0.29) is 24.1 Å². The molecule has 162 valence electrons. The number of nitrogens with zero attached hydrogens (tertiary/aromatic N) is 2. The molecule has 0 saturated carbocycles. The van der Waals surface area contributed by atoms with E-state index in [0.29, 0.717) is 28.5 Å². The van der Waals surface area contributed by atoms with E-state index in [9.17, 15) is 13.6 Å². The predicted octanol–water partition coefficient (Wildman–Crippen LogP) is 5.36. The van der Waals surface area contributed by atoms with Gasteiger partial charge in [-0.1, -0.05) is 18.2 Å². The number of hydrogen-bond acceptors (Lipinski definition) is 4. The minimum atomic E-state index is -0.384. The third kappa shape index (κ3) is 4.51. The maximum Gasteiger partial charge on any atom is 0.280 e. The van der Waals surface area contributed by atoms with E-state index in [1.54, 1.807) is 43.3 Å². The molecule has 0 radical (unpaired) electrons. The van der Waals surface area contributed by atoms with Crippen LogP contribution in [0.2, 0.25) is 0 Å². The number of benzene rings is 3. The lowest BCUT2D eigenvalue weighted by Crippen LogP contribution is -2.21. The summed E-state index contributed by atoms with van der Waals surface area (Å²) in [7, 11) is 1.53. The van der Waals surface area contributed by atoms with Gasteiger partial charge < -0.3 is 9.47 Å². The van der Waals surface area contributed by atoms with E-state index in [0.717, 1.165) is 11.1 Å². The van der Waals surface area contributed by atoms with Crippen LogP contribution in [-0.2, 0) is 11.4 Å². The number of amides is 1. The van der Waals surface area contributed by atoms with Gasteiger partial charge in [0.1, 0.15) is 18.2 Å². The summed E-state index contributed by atoms with van der Waals surface area (Å²) in [4.78, 5) is 12.9. The summed E-state index contributed by atoms with van der Waals surface area (Å²) in [5.74, 6) is 0.0318. The number of hydrogen-bond donors (Lipinski definition) is 0. The Labute approximate surface area is 184 Å². The van der Waals surface area contributed by atoms with Crippen LogP contribution >= 0.6 is 0 Å². The zero-order valence-electron chi connectivity index (χ0n) is 17.5. The number of ether oxygens (including phenoxy) is 2. The molecule has 0 aromatic heterocycles. The first-order chi connectivity index (χ1) is 15.4. The smallest absolute Gasteiger partial charge is 0.280 e. The molecule has 1 heterocycles. The van der Waals surface area contributed by atoms with E-state index >= 15 is 0 Å². The number of methoxy groups -OCH3 is 1. The van der Waals surface area contributed by atoms with Crippen LogP contribution in [0.1, 0.15) is 18.1 Å². The Hall–Kier alpha value is -4.00. The molecule has 3 aromatic rings.